The van der Waals surface area contributed by atoms with Crippen LogP contribution in [0.5, 0.6) is 5.75 Å². The Balaban J connectivity index is 2.69. The molecule has 84 valence electrons. The van der Waals surface area contributed by atoms with Gasteiger partial charge in [-0.15, -0.1) is 0 Å². The van der Waals surface area contributed by atoms with E-state index >= 15 is 0 Å². The van der Waals surface area contributed by atoms with Crippen LogP contribution in [-0.2, 0) is 4.79 Å². The second kappa shape index (κ2) is 5.76. The van der Waals surface area contributed by atoms with Gasteiger partial charge in [-0.05, 0) is 12.1 Å². The summed E-state index contributed by atoms with van der Waals surface area (Å²) in [6.07, 6.45) is -0.0473. The molecule has 4 nitrogen and oxygen atoms in total. The van der Waals surface area contributed by atoms with E-state index in [2.05, 4.69) is 0 Å². The van der Waals surface area contributed by atoms with Gasteiger partial charge in [-0.3, -0.25) is 4.79 Å². The zero-order valence-electron chi connectivity index (χ0n) is 9.43. The molecule has 0 radical (unpaired) electrons. The highest BCUT2D eigenvalue weighted by molar-refractivity contribution is 5.85. The highest BCUT2D eigenvalue weighted by atomic mass is 16.5. The van der Waals surface area contributed by atoms with Crippen molar-refractivity contribution in [2.45, 2.75) is 6.42 Å². The maximum absolute atomic E-state index is 11.3. The van der Waals surface area contributed by atoms with Gasteiger partial charge in [0.2, 0.25) is 0 Å². The highest BCUT2D eigenvalue weighted by Gasteiger charge is 2.07. The molecule has 16 heavy (non-hydrogen) atoms. The molecule has 0 aliphatic carbocycles. The summed E-state index contributed by atoms with van der Waals surface area (Å²) in [4.78, 5) is 13.1. The van der Waals surface area contributed by atoms with Crippen LogP contribution in [0.1, 0.15) is 6.42 Å². The maximum Gasteiger partial charge on any atom is 0.166 e. The Morgan fingerprint density at radius 3 is 2.94 bits per heavy atom. The molecular formula is C12H14N2O2. The minimum Gasteiger partial charge on any atom is -0.497 e. The molecule has 1 aromatic rings. The number of nitriles is 1. The fourth-order valence-electron chi connectivity index (χ4n) is 1.35. The lowest BCUT2D eigenvalue weighted by molar-refractivity contribution is -0.116. The van der Waals surface area contributed by atoms with Gasteiger partial charge in [-0.1, -0.05) is 6.07 Å². The Kier molecular flexibility index (Phi) is 4.34. The minimum absolute atomic E-state index is 0.0473. The first-order valence-electron chi connectivity index (χ1n) is 4.91. The van der Waals surface area contributed by atoms with Crippen LogP contribution < -0.4 is 9.64 Å². The quantitative estimate of drug-likeness (QED) is 0.753. The van der Waals surface area contributed by atoms with Gasteiger partial charge in [0, 0.05) is 18.8 Å². The Morgan fingerprint density at radius 2 is 2.31 bits per heavy atom. The van der Waals surface area contributed by atoms with Crippen LogP contribution in [0, 0.1) is 11.3 Å². The third-order valence-electron chi connectivity index (χ3n) is 2.18. The molecule has 0 fully saturated rings. The van der Waals surface area contributed by atoms with Crippen molar-refractivity contribution in [3.8, 4) is 11.8 Å². The predicted molar refractivity (Wildman–Crippen MR) is 61.5 cm³/mol. The van der Waals surface area contributed by atoms with E-state index < -0.39 is 0 Å². The molecule has 0 saturated carbocycles. The number of hydrogen-bond acceptors (Lipinski definition) is 4. The van der Waals surface area contributed by atoms with E-state index in [0.717, 1.165) is 11.4 Å². The van der Waals surface area contributed by atoms with Gasteiger partial charge in [-0.2, -0.15) is 5.26 Å². The molecule has 0 heterocycles. The van der Waals surface area contributed by atoms with Crippen molar-refractivity contribution in [2.75, 3.05) is 25.6 Å². The smallest absolute Gasteiger partial charge is 0.166 e. The zero-order valence-corrected chi connectivity index (χ0v) is 9.43. The molecule has 0 aliphatic rings. The molecule has 0 unspecified atom stereocenters. The monoisotopic (exact) mass is 218 g/mol. The number of methoxy groups -OCH3 is 1. The van der Waals surface area contributed by atoms with Gasteiger partial charge in [0.1, 0.15) is 5.75 Å². The Labute approximate surface area is 95.0 Å². The fourth-order valence-corrected chi connectivity index (χ4v) is 1.35. The number of Topliss-reactive ketones (excluding diaryl/α,β-unsaturated/α-hetero) is 1. The first-order chi connectivity index (χ1) is 7.67. The lowest BCUT2D eigenvalue weighted by Crippen LogP contribution is -2.25. The van der Waals surface area contributed by atoms with Crippen LogP contribution in [0.4, 0.5) is 5.69 Å². The van der Waals surface area contributed by atoms with Crippen molar-refractivity contribution in [1.29, 1.82) is 5.26 Å². The maximum atomic E-state index is 11.3. The van der Waals surface area contributed by atoms with E-state index in [1.165, 1.54) is 0 Å². The molecule has 1 rings (SSSR count). The standard InChI is InChI=1S/C12H14N2O2/c1-14(9-11(15)6-7-13)10-4-3-5-12(8-10)16-2/h3-5,8H,6,9H2,1-2H3. The normalized spacial score (nSPS) is 9.31. The number of hydrogen-bond donors (Lipinski definition) is 0. The average molecular weight is 218 g/mol. The third-order valence-corrected chi connectivity index (χ3v) is 2.18. The van der Waals surface area contributed by atoms with Crippen molar-refractivity contribution in [2.24, 2.45) is 0 Å². The average Bonchev–Trinajstić information content (AvgIpc) is 2.29. The molecule has 0 amide bonds. The van der Waals surface area contributed by atoms with Crippen molar-refractivity contribution in [3.63, 3.8) is 0 Å². The van der Waals surface area contributed by atoms with Crippen LogP contribution >= 0.6 is 0 Å². The van der Waals surface area contributed by atoms with Crippen LogP contribution in [0.3, 0.4) is 0 Å². The molecule has 0 spiro atoms. The molecule has 1 aromatic carbocycles. The molecule has 0 bridgehead atoms. The molecule has 0 saturated heterocycles. The zero-order chi connectivity index (χ0) is 12.0. The number of anilines is 1. The number of ketones is 1. The minimum atomic E-state index is -0.0900. The lowest BCUT2D eigenvalue weighted by Gasteiger charge is -2.18. The number of ether oxygens (including phenoxy) is 1. The van der Waals surface area contributed by atoms with Gasteiger partial charge < -0.3 is 9.64 Å². The Morgan fingerprint density at radius 1 is 1.56 bits per heavy atom. The molecule has 4 heteroatoms. The van der Waals surface area contributed by atoms with E-state index in [9.17, 15) is 4.79 Å². The second-order valence-corrected chi connectivity index (χ2v) is 3.43. The summed E-state index contributed by atoms with van der Waals surface area (Å²) in [7, 11) is 3.41. The summed E-state index contributed by atoms with van der Waals surface area (Å²) in [6.45, 7) is 0.237. The first-order valence-corrected chi connectivity index (χ1v) is 4.91. The van der Waals surface area contributed by atoms with Crippen molar-refractivity contribution < 1.29 is 9.53 Å². The van der Waals surface area contributed by atoms with E-state index in [1.54, 1.807) is 12.0 Å². The van der Waals surface area contributed by atoms with Gasteiger partial charge in [0.25, 0.3) is 0 Å². The summed E-state index contributed by atoms with van der Waals surface area (Å²) >= 11 is 0. The van der Waals surface area contributed by atoms with Crippen molar-refractivity contribution in [1.82, 2.24) is 0 Å². The number of carbonyl (C=O) groups is 1. The Hall–Kier alpha value is -2.02. The highest BCUT2D eigenvalue weighted by Crippen LogP contribution is 2.19. The fraction of sp³-hybridized carbons (Fsp3) is 0.333. The number of rotatable bonds is 5. The lowest BCUT2D eigenvalue weighted by atomic mass is 10.2. The molecule has 0 aliphatic heterocycles. The van der Waals surface area contributed by atoms with Gasteiger partial charge in [0.15, 0.2) is 5.78 Å². The van der Waals surface area contributed by atoms with E-state index in [4.69, 9.17) is 10.00 Å². The summed E-state index contributed by atoms with van der Waals surface area (Å²) in [5, 5.41) is 8.39. The first kappa shape index (κ1) is 12.1. The second-order valence-electron chi connectivity index (χ2n) is 3.43. The summed E-state index contributed by atoms with van der Waals surface area (Å²) < 4.78 is 5.09. The topological polar surface area (TPSA) is 53.3 Å². The van der Waals surface area contributed by atoms with Crippen LogP contribution in [-0.4, -0.2) is 26.5 Å². The van der Waals surface area contributed by atoms with E-state index in [0.29, 0.717) is 0 Å². The van der Waals surface area contributed by atoms with Crippen LogP contribution in [0.15, 0.2) is 24.3 Å². The summed E-state index contributed by atoms with van der Waals surface area (Å²) in [5.74, 6) is 0.657. The molecule has 0 aromatic heterocycles. The van der Waals surface area contributed by atoms with Crippen LogP contribution in [0.2, 0.25) is 0 Å². The van der Waals surface area contributed by atoms with Crippen molar-refractivity contribution in [3.05, 3.63) is 24.3 Å². The third kappa shape index (κ3) is 3.28. The van der Waals surface area contributed by atoms with Gasteiger partial charge in [0.05, 0.1) is 26.1 Å². The number of benzene rings is 1. The van der Waals surface area contributed by atoms with E-state index in [-0.39, 0.29) is 18.7 Å². The molecular weight excluding hydrogens is 204 g/mol. The van der Waals surface area contributed by atoms with Crippen molar-refractivity contribution >= 4 is 11.5 Å². The molecule has 0 atom stereocenters. The molecule has 0 N–H and O–H groups in total. The predicted octanol–water partition coefficient (Wildman–Crippen LogP) is 1.61. The SMILES string of the molecule is COc1cccc(N(C)CC(=O)CC#N)c1. The summed E-state index contributed by atoms with van der Waals surface area (Å²) in [5.41, 5.74) is 0.894. The Bertz CT molecular complexity index is 410. The van der Waals surface area contributed by atoms with E-state index in [1.807, 2.05) is 37.4 Å². The number of likely N-dealkylation sites (N-methyl/N-ethyl adjacent to an activating group) is 1. The van der Waals surface area contributed by atoms with Gasteiger partial charge >= 0.3 is 0 Å². The number of nitrogens with zero attached hydrogens (tertiary/aromatic N) is 2. The van der Waals surface area contributed by atoms with Gasteiger partial charge in [-0.25, -0.2) is 0 Å². The number of carbonyl (C=O) groups excluding carboxylic acids is 1. The summed E-state index contributed by atoms with van der Waals surface area (Å²) in [6, 6.07) is 9.29. The largest absolute Gasteiger partial charge is 0.497 e. The van der Waals surface area contributed by atoms with Crippen LogP contribution in [0.25, 0.3) is 0 Å².